The third-order valence-corrected chi connectivity index (χ3v) is 3.79. The van der Waals surface area contributed by atoms with Crippen molar-refractivity contribution in [3.05, 3.63) is 57.5 Å². The van der Waals surface area contributed by atoms with Gasteiger partial charge in [-0.3, -0.25) is 0 Å². The molecule has 0 amide bonds. The predicted molar refractivity (Wildman–Crippen MR) is 88.7 cm³/mol. The molecule has 0 aliphatic heterocycles. The van der Waals surface area contributed by atoms with Crippen molar-refractivity contribution < 1.29 is 4.74 Å². The molecule has 1 unspecified atom stereocenters. The van der Waals surface area contributed by atoms with Crippen molar-refractivity contribution in [2.75, 3.05) is 11.9 Å². The lowest BCUT2D eigenvalue weighted by Gasteiger charge is -2.17. The highest BCUT2D eigenvalue weighted by Gasteiger charge is 2.10. The van der Waals surface area contributed by atoms with E-state index in [0.717, 1.165) is 20.7 Å². The van der Waals surface area contributed by atoms with E-state index in [1.807, 2.05) is 48.5 Å². The van der Waals surface area contributed by atoms with Gasteiger partial charge in [0.1, 0.15) is 11.8 Å². The number of hydrogen-bond acceptors (Lipinski definition) is 3. The first-order chi connectivity index (χ1) is 10.1. The second-order valence-corrected chi connectivity index (χ2v) is 5.83. The molecule has 108 valence electrons. The van der Waals surface area contributed by atoms with Gasteiger partial charge in [0.15, 0.2) is 6.61 Å². The molecule has 2 aromatic carbocycles. The van der Waals surface area contributed by atoms with Crippen molar-refractivity contribution in [2.24, 2.45) is 0 Å². The Morgan fingerprint density at radius 2 is 2.00 bits per heavy atom. The maximum absolute atomic E-state index is 8.47. The monoisotopic (exact) mass is 364 g/mol. The number of nitrogens with one attached hydrogen (secondary N) is 1. The Balaban J connectivity index is 2.05. The Hall–Kier alpha value is -1.70. The predicted octanol–water partition coefficient (Wildman–Crippen LogP) is 5.18. The van der Waals surface area contributed by atoms with E-state index >= 15 is 0 Å². The Morgan fingerprint density at radius 3 is 2.62 bits per heavy atom. The van der Waals surface area contributed by atoms with E-state index in [-0.39, 0.29) is 12.6 Å². The van der Waals surface area contributed by atoms with Crippen molar-refractivity contribution in [1.82, 2.24) is 0 Å². The summed E-state index contributed by atoms with van der Waals surface area (Å²) in [5.41, 5.74) is 2.00. The molecule has 0 saturated heterocycles. The Kier molecular flexibility index (Phi) is 5.49. The smallest absolute Gasteiger partial charge is 0.174 e. The van der Waals surface area contributed by atoms with Crippen LogP contribution in [-0.2, 0) is 0 Å². The lowest BCUT2D eigenvalue weighted by Crippen LogP contribution is -2.07. The lowest BCUT2D eigenvalue weighted by atomic mass is 10.1. The topological polar surface area (TPSA) is 45.0 Å². The standard InChI is InChI=1S/C16H14BrClN2O/c1-11(15-7-2-12(17)10-16(15)18)20-13-3-5-14(6-4-13)21-9-8-19/h2-7,10-11,20H,9H2,1H3. The van der Waals surface area contributed by atoms with Gasteiger partial charge in [-0.2, -0.15) is 5.26 Å². The minimum atomic E-state index is 0.0533. The van der Waals surface area contributed by atoms with Gasteiger partial charge in [-0.1, -0.05) is 33.6 Å². The quantitative estimate of drug-likeness (QED) is 0.794. The molecule has 3 nitrogen and oxygen atoms in total. The molecule has 21 heavy (non-hydrogen) atoms. The van der Waals surface area contributed by atoms with Gasteiger partial charge < -0.3 is 10.1 Å². The second kappa shape index (κ2) is 7.35. The highest BCUT2D eigenvalue weighted by Crippen LogP contribution is 2.29. The van der Waals surface area contributed by atoms with Gasteiger partial charge in [0, 0.05) is 21.2 Å². The molecule has 0 spiro atoms. The van der Waals surface area contributed by atoms with Crippen molar-refractivity contribution in [3.8, 4) is 11.8 Å². The van der Waals surface area contributed by atoms with Gasteiger partial charge in [-0.15, -0.1) is 0 Å². The maximum atomic E-state index is 8.47. The fourth-order valence-electron chi connectivity index (χ4n) is 1.94. The van der Waals surface area contributed by atoms with Crippen LogP contribution < -0.4 is 10.1 Å². The van der Waals surface area contributed by atoms with Crippen LogP contribution in [0.4, 0.5) is 5.69 Å². The van der Waals surface area contributed by atoms with Crippen molar-refractivity contribution in [2.45, 2.75) is 13.0 Å². The van der Waals surface area contributed by atoms with E-state index < -0.39 is 0 Å². The summed E-state index contributed by atoms with van der Waals surface area (Å²) in [6.45, 7) is 2.10. The molecule has 0 bridgehead atoms. The molecular formula is C16H14BrClN2O. The number of anilines is 1. The first-order valence-electron chi connectivity index (χ1n) is 6.41. The van der Waals surface area contributed by atoms with Crippen molar-refractivity contribution >= 4 is 33.2 Å². The van der Waals surface area contributed by atoms with E-state index in [4.69, 9.17) is 21.6 Å². The van der Waals surface area contributed by atoms with Gasteiger partial charge in [0.2, 0.25) is 0 Å². The number of hydrogen-bond donors (Lipinski definition) is 1. The molecule has 0 aliphatic carbocycles. The number of nitriles is 1. The number of nitrogens with zero attached hydrogens (tertiary/aromatic N) is 1. The molecule has 0 saturated carbocycles. The van der Waals surface area contributed by atoms with Crippen LogP contribution >= 0.6 is 27.5 Å². The summed E-state index contributed by atoms with van der Waals surface area (Å²) in [6, 6.07) is 15.4. The Bertz CT molecular complexity index is 652. The number of ether oxygens (including phenoxy) is 1. The highest BCUT2D eigenvalue weighted by atomic mass is 79.9. The molecule has 2 aromatic rings. The summed E-state index contributed by atoms with van der Waals surface area (Å²) in [5, 5.41) is 12.6. The molecule has 0 radical (unpaired) electrons. The molecule has 1 atom stereocenters. The SMILES string of the molecule is CC(Nc1ccc(OCC#N)cc1)c1ccc(Br)cc1Cl. The van der Waals surface area contributed by atoms with Gasteiger partial charge >= 0.3 is 0 Å². The maximum Gasteiger partial charge on any atom is 0.174 e. The normalized spacial score (nSPS) is 11.5. The zero-order chi connectivity index (χ0) is 15.2. The van der Waals surface area contributed by atoms with Crippen LogP contribution in [0.1, 0.15) is 18.5 Å². The molecule has 5 heteroatoms. The Morgan fingerprint density at radius 1 is 1.29 bits per heavy atom. The lowest BCUT2D eigenvalue weighted by molar-refractivity contribution is 0.368. The third kappa shape index (κ3) is 4.38. The second-order valence-electron chi connectivity index (χ2n) is 4.50. The number of rotatable bonds is 5. The van der Waals surface area contributed by atoms with Crippen LogP contribution in [0.15, 0.2) is 46.9 Å². The van der Waals surface area contributed by atoms with Crippen LogP contribution in [0.2, 0.25) is 5.02 Å². The van der Waals surface area contributed by atoms with Gasteiger partial charge in [-0.25, -0.2) is 0 Å². The largest absolute Gasteiger partial charge is 0.479 e. The third-order valence-electron chi connectivity index (χ3n) is 2.97. The summed E-state index contributed by atoms with van der Waals surface area (Å²) < 4.78 is 6.18. The minimum absolute atomic E-state index is 0.0533. The summed E-state index contributed by atoms with van der Waals surface area (Å²) in [7, 11) is 0. The zero-order valence-corrected chi connectivity index (χ0v) is 13.8. The minimum Gasteiger partial charge on any atom is -0.479 e. The average Bonchev–Trinajstić information content (AvgIpc) is 2.46. The van der Waals surface area contributed by atoms with Crippen LogP contribution in [0.3, 0.4) is 0 Å². The number of halogens is 2. The van der Waals surface area contributed by atoms with Crippen LogP contribution in [-0.4, -0.2) is 6.61 Å². The van der Waals surface area contributed by atoms with E-state index in [0.29, 0.717) is 5.75 Å². The fourth-order valence-corrected chi connectivity index (χ4v) is 2.78. The molecule has 0 aromatic heterocycles. The van der Waals surface area contributed by atoms with E-state index in [9.17, 15) is 0 Å². The van der Waals surface area contributed by atoms with Crippen molar-refractivity contribution in [3.63, 3.8) is 0 Å². The zero-order valence-electron chi connectivity index (χ0n) is 11.4. The van der Waals surface area contributed by atoms with E-state index in [1.165, 1.54) is 0 Å². The van der Waals surface area contributed by atoms with Gasteiger partial charge in [-0.05, 0) is 48.9 Å². The van der Waals surface area contributed by atoms with Gasteiger partial charge in [0.05, 0.1) is 0 Å². The van der Waals surface area contributed by atoms with Crippen LogP contribution in [0, 0.1) is 11.3 Å². The summed E-state index contributed by atoms with van der Waals surface area (Å²) in [5.74, 6) is 0.677. The summed E-state index contributed by atoms with van der Waals surface area (Å²) in [6.07, 6.45) is 0. The summed E-state index contributed by atoms with van der Waals surface area (Å²) >= 11 is 9.65. The molecule has 0 aliphatic rings. The molecular weight excluding hydrogens is 352 g/mol. The molecule has 2 rings (SSSR count). The number of benzene rings is 2. The van der Waals surface area contributed by atoms with Crippen LogP contribution in [0.5, 0.6) is 5.75 Å². The fraction of sp³-hybridized carbons (Fsp3) is 0.188. The first kappa shape index (κ1) is 15.7. The molecule has 0 fully saturated rings. The molecule has 1 N–H and O–H groups in total. The van der Waals surface area contributed by atoms with Crippen LogP contribution in [0.25, 0.3) is 0 Å². The van der Waals surface area contributed by atoms with E-state index in [1.54, 1.807) is 0 Å². The highest BCUT2D eigenvalue weighted by molar-refractivity contribution is 9.10. The van der Waals surface area contributed by atoms with Crippen molar-refractivity contribution in [1.29, 1.82) is 5.26 Å². The summed E-state index contributed by atoms with van der Waals surface area (Å²) in [4.78, 5) is 0. The Labute approximate surface area is 137 Å². The first-order valence-corrected chi connectivity index (χ1v) is 7.58. The van der Waals surface area contributed by atoms with E-state index in [2.05, 4.69) is 28.2 Å². The van der Waals surface area contributed by atoms with Gasteiger partial charge in [0.25, 0.3) is 0 Å². The average molecular weight is 366 g/mol. The molecule has 0 heterocycles.